The summed E-state index contributed by atoms with van der Waals surface area (Å²) in [5.41, 5.74) is 2.55. The second-order valence-corrected chi connectivity index (χ2v) is 5.09. The molecule has 0 aromatic heterocycles. The third-order valence-corrected chi connectivity index (χ3v) is 4.38. The molecule has 4 rings (SSSR count). The summed E-state index contributed by atoms with van der Waals surface area (Å²) in [6.45, 7) is 0. The van der Waals surface area contributed by atoms with E-state index in [2.05, 4.69) is 5.48 Å². The topological polar surface area (TPSA) is 32.3 Å². The van der Waals surface area contributed by atoms with Gasteiger partial charge >= 0.3 is 0 Å². The maximum absolute atomic E-state index is 9.05. The molecule has 4 aliphatic rings. The van der Waals surface area contributed by atoms with E-state index in [4.69, 9.17) is 5.21 Å². The molecular formula is C10H17NO. The Bertz CT molecular complexity index is 164. The van der Waals surface area contributed by atoms with Crippen molar-refractivity contribution in [2.24, 2.45) is 23.7 Å². The molecule has 0 amide bonds. The van der Waals surface area contributed by atoms with Gasteiger partial charge in [-0.2, -0.15) is 0 Å². The van der Waals surface area contributed by atoms with Crippen LogP contribution in [0.3, 0.4) is 0 Å². The Morgan fingerprint density at radius 2 is 1.33 bits per heavy atom. The molecule has 4 fully saturated rings. The van der Waals surface area contributed by atoms with Gasteiger partial charge in [-0.05, 0) is 55.8 Å². The first-order chi connectivity index (χ1) is 5.86. The van der Waals surface area contributed by atoms with Crippen molar-refractivity contribution in [3.63, 3.8) is 0 Å². The number of hydrogen-bond donors (Lipinski definition) is 2. The molecule has 0 heterocycles. The molecule has 0 aliphatic heterocycles. The van der Waals surface area contributed by atoms with Crippen molar-refractivity contribution in [2.45, 2.75) is 38.1 Å². The van der Waals surface area contributed by atoms with Crippen molar-refractivity contribution >= 4 is 0 Å². The third kappa shape index (κ3) is 0.882. The van der Waals surface area contributed by atoms with E-state index in [1.54, 1.807) is 0 Å². The van der Waals surface area contributed by atoms with Crippen LogP contribution in [0.2, 0.25) is 0 Å². The van der Waals surface area contributed by atoms with E-state index in [0.717, 1.165) is 23.7 Å². The van der Waals surface area contributed by atoms with Gasteiger partial charge in [0.15, 0.2) is 0 Å². The quantitative estimate of drug-likeness (QED) is 0.583. The Hall–Kier alpha value is -0.0800. The van der Waals surface area contributed by atoms with Crippen molar-refractivity contribution in [1.82, 2.24) is 5.48 Å². The van der Waals surface area contributed by atoms with E-state index < -0.39 is 0 Å². The molecule has 2 heteroatoms. The first-order valence-corrected chi connectivity index (χ1v) is 5.26. The molecule has 2 nitrogen and oxygen atoms in total. The van der Waals surface area contributed by atoms with Crippen LogP contribution in [-0.4, -0.2) is 11.2 Å². The summed E-state index contributed by atoms with van der Waals surface area (Å²) in [6.07, 6.45) is 7.01. The molecule has 0 radical (unpaired) electrons. The van der Waals surface area contributed by atoms with Gasteiger partial charge in [-0.15, -0.1) is 0 Å². The molecule has 0 atom stereocenters. The highest BCUT2D eigenvalue weighted by Gasteiger charge is 2.47. The first kappa shape index (κ1) is 7.34. The fourth-order valence-corrected chi connectivity index (χ4v) is 4.14. The minimum atomic E-state index is 0.442. The van der Waals surface area contributed by atoms with E-state index in [-0.39, 0.29) is 0 Å². The van der Waals surface area contributed by atoms with Gasteiger partial charge < -0.3 is 5.21 Å². The number of nitrogens with one attached hydrogen (secondary N) is 1. The lowest BCUT2D eigenvalue weighted by Gasteiger charge is -2.53. The van der Waals surface area contributed by atoms with Crippen LogP contribution in [0.1, 0.15) is 32.1 Å². The zero-order valence-corrected chi connectivity index (χ0v) is 7.37. The summed E-state index contributed by atoms with van der Waals surface area (Å²) >= 11 is 0. The minimum absolute atomic E-state index is 0.442. The van der Waals surface area contributed by atoms with E-state index in [1.165, 1.54) is 32.1 Å². The van der Waals surface area contributed by atoms with Gasteiger partial charge in [0.25, 0.3) is 0 Å². The van der Waals surface area contributed by atoms with Gasteiger partial charge in [0.2, 0.25) is 0 Å². The Morgan fingerprint density at radius 1 is 0.833 bits per heavy atom. The van der Waals surface area contributed by atoms with Crippen molar-refractivity contribution in [3.8, 4) is 0 Å². The van der Waals surface area contributed by atoms with E-state index in [1.807, 2.05) is 0 Å². The van der Waals surface area contributed by atoms with Crippen LogP contribution in [0.4, 0.5) is 0 Å². The van der Waals surface area contributed by atoms with Gasteiger partial charge in [-0.3, -0.25) is 0 Å². The lowest BCUT2D eigenvalue weighted by atomic mass is 9.54. The molecule has 12 heavy (non-hydrogen) atoms. The smallest absolute Gasteiger partial charge is 0.0376 e. The highest BCUT2D eigenvalue weighted by Crippen LogP contribution is 2.53. The van der Waals surface area contributed by atoms with Gasteiger partial charge in [-0.25, -0.2) is 5.48 Å². The monoisotopic (exact) mass is 167 g/mol. The fraction of sp³-hybridized carbons (Fsp3) is 1.00. The lowest BCUT2D eigenvalue weighted by molar-refractivity contribution is -0.0591. The van der Waals surface area contributed by atoms with E-state index in [9.17, 15) is 0 Å². The van der Waals surface area contributed by atoms with Gasteiger partial charge in [0, 0.05) is 6.04 Å². The average molecular weight is 167 g/mol. The molecule has 0 aromatic carbocycles. The zero-order chi connectivity index (χ0) is 8.13. The summed E-state index contributed by atoms with van der Waals surface area (Å²) in [5.74, 6) is 3.62. The Kier molecular flexibility index (Phi) is 1.50. The standard InChI is InChI=1S/C10H17NO/c12-11-10-8-2-6-1-7(4-8)5-9(10)3-6/h6-12H,1-5H2. The molecule has 4 bridgehead atoms. The highest BCUT2D eigenvalue weighted by atomic mass is 16.5. The number of rotatable bonds is 1. The normalized spacial score (nSPS) is 56.2. The van der Waals surface area contributed by atoms with Crippen molar-refractivity contribution in [1.29, 1.82) is 0 Å². The summed E-state index contributed by atoms with van der Waals surface area (Å²) in [5, 5.41) is 9.05. The molecular weight excluding hydrogens is 150 g/mol. The third-order valence-electron chi connectivity index (χ3n) is 4.38. The molecule has 0 unspecified atom stereocenters. The van der Waals surface area contributed by atoms with Crippen molar-refractivity contribution in [3.05, 3.63) is 0 Å². The lowest BCUT2D eigenvalue weighted by Crippen LogP contribution is -2.53. The second-order valence-electron chi connectivity index (χ2n) is 5.09. The molecule has 0 spiro atoms. The number of hydrogen-bond acceptors (Lipinski definition) is 2. The van der Waals surface area contributed by atoms with Crippen LogP contribution in [0.25, 0.3) is 0 Å². The SMILES string of the molecule is ONC1C2CC3CC(C2)CC1C3. The van der Waals surface area contributed by atoms with Crippen molar-refractivity contribution < 1.29 is 5.21 Å². The van der Waals surface area contributed by atoms with E-state index in [0.29, 0.717) is 6.04 Å². The fourth-order valence-electron chi connectivity index (χ4n) is 4.14. The summed E-state index contributed by atoms with van der Waals surface area (Å²) in [6, 6.07) is 0.442. The highest BCUT2D eigenvalue weighted by molar-refractivity contribution is 5.00. The Morgan fingerprint density at radius 3 is 1.75 bits per heavy atom. The summed E-state index contributed by atoms with van der Waals surface area (Å²) in [7, 11) is 0. The van der Waals surface area contributed by atoms with Crippen LogP contribution in [-0.2, 0) is 0 Å². The minimum Gasteiger partial charge on any atom is -0.317 e. The molecule has 0 saturated heterocycles. The second kappa shape index (κ2) is 2.46. The van der Waals surface area contributed by atoms with Crippen LogP contribution >= 0.6 is 0 Å². The van der Waals surface area contributed by atoms with Crippen LogP contribution in [0, 0.1) is 23.7 Å². The summed E-state index contributed by atoms with van der Waals surface area (Å²) < 4.78 is 0. The molecule has 4 saturated carbocycles. The Balaban J connectivity index is 1.86. The molecule has 68 valence electrons. The maximum Gasteiger partial charge on any atom is 0.0376 e. The molecule has 2 N–H and O–H groups in total. The maximum atomic E-state index is 9.05. The van der Waals surface area contributed by atoms with Gasteiger partial charge in [-0.1, -0.05) is 0 Å². The predicted octanol–water partition coefficient (Wildman–Crippen LogP) is 1.79. The zero-order valence-electron chi connectivity index (χ0n) is 7.37. The molecule has 4 aliphatic carbocycles. The average Bonchev–Trinajstić information content (AvgIpc) is 2.02. The molecule has 0 aromatic rings. The largest absolute Gasteiger partial charge is 0.317 e. The van der Waals surface area contributed by atoms with Gasteiger partial charge in [0.05, 0.1) is 0 Å². The van der Waals surface area contributed by atoms with Crippen molar-refractivity contribution in [2.75, 3.05) is 0 Å². The van der Waals surface area contributed by atoms with E-state index >= 15 is 0 Å². The first-order valence-electron chi connectivity index (χ1n) is 5.26. The van der Waals surface area contributed by atoms with Crippen LogP contribution < -0.4 is 5.48 Å². The Labute approximate surface area is 73.3 Å². The van der Waals surface area contributed by atoms with Crippen LogP contribution in [0.15, 0.2) is 0 Å². The van der Waals surface area contributed by atoms with Crippen LogP contribution in [0.5, 0.6) is 0 Å². The number of hydroxylamine groups is 1. The predicted molar refractivity (Wildman–Crippen MR) is 45.8 cm³/mol. The summed E-state index contributed by atoms with van der Waals surface area (Å²) in [4.78, 5) is 0. The van der Waals surface area contributed by atoms with Gasteiger partial charge in [0.1, 0.15) is 0 Å².